The fourth-order valence-corrected chi connectivity index (χ4v) is 0.779. The molecule has 99 valence electrons. The van der Waals surface area contributed by atoms with Crippen LogP contribution in [0.4, 0.5) is 0 Å². The van der Waals surface area contributed by atoms with E-state index in [2.05, 4.69) is 46.0 Å². The summed E-state index contributed by atoms with van der Waals surface area (Å²) in [6.07, 6.45) is 4.87. The van der Waals surface area contributed by atoms with Crippen molar-refractivity contribution in [1.82, 2.24) is 20.7 Å². The minimum atomic E-state index is 0.466. The van der Waals surface area contributed by atoms with Crippen LogP contribution >= 0.6 is 32.4 Å². The van der Waals surface area contributed by atoms with Gasteiger partial charge in [0, 0.05) is 19.4 Å². The van der Waals surface area contributed by atoms with Gasteiger partial charge in [0.25, 0.3) is 0 Å². The van der Waals surface area contributed by atoms with Gasteiger partial charge in [-0.2, -0.15) is 5.10 Å². The van der Waals surface area contributed by atoms with Gasteiger partial charge in [-0.05, 0) is 19.1 Å². The predicted octanol–water partition coefficient (Wildman–Crippen LogP) is 1.67. The molecule has 0 aliphatic rings. The van der Waals surface area contributed by atoms with Crippen LogP contribution in [0.25, 0.3) is 0 Å². The summed E-state index contributed by atoms with van der Waals surface area (Å²) in [5.74, 6) is 0. The Kier molecular flexibility index (Phi) is 10.4. The van der Waals surface area contributed by atoms with Gasteiger partial charge in [0.05, 0.1) is 11.9 Å². The zero-order chi connectivity index (χ0) is 13.1. The van der Waals surface area contributed by atoms with Gasteiger partial charge in [0.15, 0.2) is 5.11 Å². The SMILES string of the molecule is CNC(=S)N/N=C(\C)c1cnccn1.[Cl][Cu][Cl]. The molecule has 5 nitrogen and oxygen atoms in total. The summed E-state index contributed by atoms with van der Waals surface area (Å²) in [6.45, 7) is 1.83. The van der Waals surface area contributed by atoms with Crippen molar-refractivity contribution >= 4 is 43.2 Å². The molecule has 2 N–H and O–H groups in total. The summed E-state index contributed by atoms with van der Waals surface area (Å²) in [5, 5.41) is 7.24. The van der Waals surface area contributed by atoms with Gasteiger partial charge in [0.1, 0.15) is 5.69 Å². The molecule has 1 aromatic heterocycles. The molecule has 0 bridgehead atoms. The van der Waals surface area contributed by atoms with Gasteiger partial charge in [-0.25, -0.2) is 0 Å². The van der Waals surface area contributed by atoms with Crippen molar-refractivity contribution in [3.8, 4) is 0 Å². The molecule has 0 fully saturated rings. The third kappa shape index (κ3) is 8.29. The number of nitrogens with zero attached hydrogens (tertiary/aromatic N) is 3. The minimum absolute atomic E-state index is 0.466. The first-order chi connectivity index (χ1) is 8.15. The van der Waals surface area contributed by atoms with Gasteiger partial charge >= 0.3 is 33.3 Å². The average molecular weight is 344 g/mol. The van der Waals surface area contributed by atoms with Crippen molar-refractivity contribution in [1.29, 1.82) is 0 Å². The molecule has 0 saturated heterocycles. The number of hydrogen-bond acceptors (Lipinski definition) is 4. The van der Waals surface area contributed by atoms with E-state index in [4.69, 9.17) is 12.2 Å². The van der Waals surface area contributed by atoms with Gasteiger partial charge < -0.3 is 5.32 Å². The van der Waals surface area contributed by atoms with Crippen LogP contribution in [0.3, 0.4) is 0 Å². The van der Waals surface area contributed by atoms with Crippen LogP contribution in [0.15, 0.2) is 23.7 Å². The number of thiocarbonyl (C=S) groups is 1. The molecule has 0 spiro atoms. The van der Waals surface area contributed by atoms with E-state index in [0.717, 1.165) is 24.5 Å². The molecule has 0 aromatic carbocycles. The van der Waals surface area contributed by atoms with Crippen LogP contribution in [-0.4, -0.2) is 27.8 Å². The van der Waals surface area contributed by atoms with Crippen molar-refractivity contribution in [2.45, 2.75) is 6.92 Å². The molecule has 0 atom stereocenters. The van der Waals surface area contributed by atoms with Crippen LogP contribution in [0.1, 0.15) is 12.6 Å². The summed E-state index contributed by atoms with van der Waals surface area (Å²) in [7, 11) is 11.1. The molecular weight excluding hydrogens is 333 g/mol. The predicted molar refractivity (Wildman–Crippen MR) is 70.7 cm³/mol. The summed E-state index contributed by atoms with van der Waals surface area (Å²) in [5.41, 5.74) is 4.12. The Morgan fingerprint density at radius 3 is 2.59 bits per heavy atom. The standard InChI is InChI=1S/C8H11N5S.2ClH.Cu/c1-6(12-13-8(14)9-2)7-5-10-3-4-11-7;;;/h3-5H,1-2H3,(H2,9,13,14);2*1H;/q;;;+2/p-2/b12-6+;;;. The third-order valence-corrected chi connectivity index (χ3v) is 1.78. The van der Waals surface area contributed by atoms with E-state index in [-0.39, 0.29) is 0 Å². The number of nitrogens with one attached hydrogen (secondary N) is 2. The molecule has 0 unspecified atom stereocenters. The van der Waals surface area contributed by atoms with Crippen molar-refractivity contribution in [2.24, 2.45) is 5.10 Å². The zero-order valence-electron chi connectivity index (χ0n) is 9.04. The molecule has 0 amide bonds. The Morgan fingerprint density at radius 1 is 1.47 bits per heavy atom. The molecule has 0 aliphatic heterocycles. The topological polar surface area (TPSA) is 62.2 Å². The Bertz CT molecular complexity index is 362. The van der Waals surface area contributed by atoms with Crippen LogP contribution in [-0.2, 0) is 13.1 Å². The molecule has 9 heteroatoms. The van der Waals surface area contributed by atoms with Gasteiger partial charge in [-0.3, -0.25) is 15.4 Å². The average Bonchev–Trinajstić information content (AvgIpc) is 2.37. The molecule has 0 saturated carbocycles. The van der Waals surface area contributed by atoms with Crippen LogP contribution in [0.5, 0.6) is 0 Å². The molecule has 0 aliphatic carbocycles. The first-order valence-corrected chi connectivity index (χ1v) is 7.25. The third-order valence-electron chi connectivity index (χ3n) is 1.49. The molecule has 0 radical (unpaired) electrons. The molecule has 17 heavy (non-hydrogen) atoms. The van der Waals surface area contributed by atoms with E-state index >= 15 is 0 Å². The van der Waals surface area contributed by atoms with E-state index in [9.17, 15) is 0 Å². The molecular formula is C8H11Cl2CuN5S. The van der Waals surface area contributed by atoms with Crippen molar-refractivity contribution in [3.63, 3.8) is 0 Å². The second kappa shape index (κ2) is 10.7. The maximum absolute atomic E-state index is 4.86. The van der Waals surface area contributed by atoms with Gasteiger partial charge in [-0.1, -0.05) is 0 Å². The maximum atomic E-state index is 4.86. The second-order valence-electron chi connectivity index (χ2n) is 2.52. The number of aromatic nitrogens is 2. The number of hydrazone groups is 1. The van der Waals surface area contributed by atoms with Gasteiger partial charge in [0.2, 0.25) is 0 Å². The normalized spacial score (nSPS) is 10.2. The fraction of sp³-hybridized carbons (Fsp3) is 0.250. The van der Waals surface area contributed by atoms with E-state index in [1.165, 1.54) is 0 Å². The van der Waals surface area contributed by atoms with Crippen LogP contribution in [0, 0.1) is 0 Å². The number of halogens is 2. The number of hydrogen-bond donors (Lipinski definition) is 2. The summed E-state index contributed by atoms with van der Waals surface area (Å²) in [6, 6.07) is 0. The Balaban J connectivity index is 0.000000770. The van der Waals surface area contributed by atoms with Crippen LogP contribution in [0.2, 0.25) is 0 Å². The number of rotatable bonds is 2. The van der Waals surface area contributed by atoms with E-state index < -0.39 is 0 Å². The molecule has 1 heterocycles. The first kappa shape index (κ1) is 16.5. The molecule has 1 aromatic rings. The fourth-order valence-electron chi connectivity index (χ4n) is 0.734. The Labute approximate surface area is 120 Å². The monoisotopic (exact) mass is 342 g/mol. The van der Waals surface area contributed by atoms with Crippen molar-refractivity contribution in [3.05, 3.63) is 24.3 Å². The van der Waals surface area contributed by atoms with Gasteiger partial charge in [-0.15, -0.1) is 0 Å². The summed E-state index contributed by atoms with van der Waals surface area (Å²) < 4.78 is 0. The van der Waals surface area contributed by atoms with Crippen molar-refractivity contribution < 1.29 is 13.1 Å². The Morgan fingerprint density at radius 2 is 2.12 bits per heavy atom. The van der Waals surface area contributed by atoms with E-state index in [0.29, 0.717) is 5.11 Å². The first-order valence-electron chi connectivity index (χ1n) is 4.25. The van der Waals surface area contributed by atoms with E-state index in [1.54, 1.807) is 25.6 Å². The molecule has 1 rings (SSSR count). The summed E-state index contributed by atoms with van der Waals surface area (Å²) in [4.78, 5) is 8.02. The quantitative estimate of drug-likeness (QED) is 0.370. The Hall–Kier alpha value is -0.461. The van der Waals surface area contributed by atoms with Crippen LogP contribution < -0.4 is 10.7 Å². The summed E-state index contributed by atoms with van der Waals surface area (Å²) >= 11 is 5.62. The zero-order valence-corrected chi connectivity index (χ0v) is 12.3. The van der Waals surface area contributed by atoms with E-state index in [1.807, 2.05) is 6.92 Å². The second-order valence-corrected chi connectivity index (χ2v) is 4.49. The van der Waals surface area contributed by atoms with Crippen molar-refractivity contribution in [2.75, 3.05) is 7.05 Å².